The molecular weight excluding hydrogens is 667 g/mol. The highest BCUT2D eigenvalue weighted by molar-refractivity contribution is 6.75. The maximum Gasteiger partial charge on any atom is 0.192 e. The van der Waals surface area contributed by atoms with Gasteiger partial charge in [-0.05, 0) is 80.1 Å². The molecule has 49 heavy (non-hydrogen) atoms. The summed E-state index contributed by atoms with van der Waals surface area (Å²) < 4.78 is 32.4. The van der Waals surface area contributed by atoms with Crippen molar-refractivity contribution in [2.24, 2.45) is 0 Å². The summed E-state index contributed by atoms with van der Waals surface area (Å²) in [7, 11) is -6.73. The fourth-order valence-corrected chi connectivity index (χ4v) is 8.81. The van der Waals surface area contributed by atoms with Crippen LogP contribution in [0.4, 0.5) is 0 Å². The van der Waals surface area contributed by atoms with Crippen molar-refractivity contribution in [2.75, 3.05) is 6.61 Å². The van der Waals surface area contributed by atoms with Crippen LogP contribution in [0.25, 0.3) is 17.0 Å². The molecule has 5 radical (unpaired) electrons. The average molecular weight is 725 g/mol. The van der Waals surface area contributed by atoms with Crippen LogP contribution in [0.15, 0.2) is 18.9 Å². The van der Waals surface area contributed by atoms with E-state index in [1.807, 2.05) is 30.3 Å². The van der Waals surface area contributed by atoms with Gasteiger partial charge in [0, 0.05) is 5.92 Å². The zero-order valence-electron chi connectivity index (χ0n) is 32.3. The van der Waals surface area contributed by atoms with E-state index in [4.69, 9.17) is 28.0 Å². The molecule has 0 spiro atoms. The zero-order valence-corrected chi connectivity index (χ0v) is 35.3. The Kier molecular flexibility index (Phi) is 10.4. The monoisotopic (exact) mass is 724 g/mol. The van der Waals surface area contributed by atoms with Gasteiger partial charge in [-0.15, -0.1) is 5.10 Å². The molecule has 0 amide bonds. The van der Waals surface area contributed by atoms with Gasteiger partial charge in [-0.1, -0.05) is 67.5 Å². The average Bonchev–Trinajstić information content (AvgIpc) is 3.77. The Labute approximate surface area is 297 Å². The van der Waals surface area contributed by atoms with Gasteiger partial charge in [0.05, 0.1) is 24.8 Å². The van der Waals surface area contributed by atoms with Gasteiger partial charge in [0.2, 0.25) is 0 Å². The molecule has 269 valence electrons. The van der Waals surface area contributed by atoms with Crippen LogP contribution in [0.1, 0.15) is 74.2 Å². The minimum atomic E-state index is -2.33. The first kappa shape index (κ1) is 38.4. The summed E-state index contributed by atoms with van der Waals surface area (Å²) in [5.41, 5.74) is 2.04. The number of aromatic nitrogens is 7. The van der Waals surface area contributed by atoms with Crippen LogP contribution in [-0.2, 0) is 18.0 Å². The van der Waals surface area contributed by atoms with Gasteiger partial charge in [-0.2, -0.15) is 4.68 Å². The van der Waals surface area contributed by atoms with Crippen molar-refractivity contribution >= 4 is 36.1 Å². The molecule has 2 aliphatic rings. The molecule has 4 heterocycles. The molecule has 2 fully saturated rings. The Morgan fingerprint density at radius 2 is 1.33 bits per heavy atom. The number of imidazole rings is 1. The molecule has 0 N–H and O–H groups in total. The van der Waals surface area contributed by atoms with Crippen molar-refractivity contribution in [3.8, 4) is 5.82 Å². The molecule has 4 atom stereocenters. The van der Waals surface area contributed by atoms with E-state index < -0.39 is 37.3 Å². The molecule has 0 bridgehead atoms. The van der Waals surface area contributed by atoms with E-state index in [9.17, 15) is 0 Å². The summed E-state index contributed by atoms with van der Waals surface area (Å²) in [5.74, 6) is 1.54. The highest BCUT2D eigenvalue weighted by Gasteiger charge is 2.55. The maximum atomic E-state index is 7.37. The molecule has 3 aromatic rings. The number of ether oxygens (including phenoxy) is 1. The maximum absolute atomic E-state index is 7.37. The number of nitrogens with zero attached hydrogens (tertiary/aromatic N) is 7. The normalized spacial score (nSPS) is 23.7. The second-order valence-corrected chi connectivity index (χ2v) is 32.4. The predicted octanol–water partition coefficient (Wildman–Crippen LogP) is 7.86. The standard InChI is InChI=1S/C35H58N7O4Si3/c1-33(2,3)47(10,11)43-21-26-28(45-48(12,13)34(4,5)6)29(46-49(14,15)35(7,8)9)32(44-26)41-23-38-27-30(41)36-22-37-31(27)42-25(20-39-40-42)24-18-16-17-19-24/h16-20,22-23,26,28-29,32H,21H2,1-15H3/t26-,28-,29-,32-/m1/s1. The van der Waals surface area contributed by atoms with Crippen LogP contribution in [0.2, 0.25) is 54.4 Å². The van der Waals surface area contributed by atoms with Gasteiger partial charge in [0.1, 0.15) is 24.6 Å². The fraction of sp³-hybridized carbons (Fsp3) is 0.657. The fourth-order valence-electron chi connectivity index (χ4n) is 5.19. The number of hydrogen-bond acceptors (Lipinski definition) is 9. The first-order chi connectivity index (χ1) is 22.5. The van der Waals surface area contributed by atoms with E-state index in [0.717, 1.165) is 11.6 Å². The highest BCUT2D eigenvalue weighted by atomic mass is 28.4. The SMILES string of the molecule is CC(C)(C)[Si](C)(C)OC[C@H]1O[C@@H](n2cnc3c(-n4nncc4[C]4[CH][CH][CH][CH]4)ncnc32)[C@H](O[Si](C)(C)C(C)(C)C)[C@@H]1O[Si](C)(C)C(C)(C)C. The number of rotatable bonds is 10. The summed E-state index contributed by atoms with van der Waals surface area (Å²) >= 11 is 0. The van der Waals surface area contributed by atoms with Crippen molar-refractivity contribution in [1.82, 2.24) is 34.5 Å². The second kappa shape index (κ2) is 13.3. The van der Waals surface area contributed by atoms with Crippen LogP contribution < -0.4 is 0 Å². The summed E-state index contributed by atoms with van der Waals surface area (Å²) in [5, 5.41) is 8.60. The molecule has 11 nitrogen and oxygen atoms in total. The van der Waals surface area contributed by atoms with Crippen LogP contribution in [0.3, 0.4) is 0 Å². The van der Waals surface area contributed by atoms with Gasteiger partial charge >= 0.3 is 0 Å². The minimum absolute atomic E-state index is 0.0154. The summed E-state index contributed by atoms with van der Waals surface area (Å²) in [6, 6.07) is 0. The third-order valence-corrected chi connectivity index (χ3v) is 24.9. The van der Waals surface area contributed by atoms with E-state index in [0.29, 0.717) is 23.6 Å². The Morgan fingerprint density at radius 3 is 1.90 bits per heavy atom. The Hall–Kier alpha value is -1.82. The lowest BCUT2D eigenvalue weighted by Crippen LogP contribution is -2.54. The topological polar surface area (TPSA) is 111 Å². The van der Waals surface area contributed by atoms with E-state index in [1.54, 1.807) is 23.5 Å². The predicted molar refractivity (Wildman–Crippen MR) is 201 cm³/mol. The van der Waals surface area contributed by atoms with Gasteiger partial charge in [0.15, 0.2) is 48.2 Å². The molecule has 3 aromatic heterocycles. The lowest BCUT2D eigenvalue weighted by Gasteiger charge is -2.44. The molecule has 5 rings (SSSR count). The summed E-state index contributed by atoms with van der Waals surface area (Å²) in [4.78, 5) is 14.3. The molecule has 0 unspecified atom stereocenters. The smallest absolute Gasteiger partial charge is 0.192 e. The van der Waals surface area contributed by atoms with Gasteiger partial charge in [0.25, 0.3) is 0 Å². The van der Waals surface area contributed by atoms with Gasteiger partial charge in [-0.3, -0.25) is 4.57 Å². The summed E-state index contributed by atoms with van der Waals surface area (Å²) in [6.45, 7) is 34.5. The van der Waals surface area contributed by atoms with Crippen molar-refractivity contribution in [2.45, 2.75) is 141 Å². The van der Waals surface area contributed by atoms with Crippen molar-refractivity contribution in [3.63, 3.8) is 0 Å². The molecular formula is C35H58N7O4Si3. The lowest BCUT2D eigenvalue weighted by atomic mass is 10.1. The van der Waals surface area contributed by atoms with Crippen LogP contribution >= 0.6 is 0 Å². The van der Waals surface area contributed by atoms with Crippen LogP contribution in [0, 0.1) is 31.6 Å². The van der Waals surface area contributed by atoms with Crippen LogP contribution in [-0.4, -0.2) is 84.4 Å². The van der Waals surface area contributed by atoms with Crippen molar-refractivity contribution < 1.29 is 18.0 Å². The van der Waals surface area contributed by atoms with E-state index in [1.165, 1.54) is 0 Å². The first-order valence-corrected chi connectivity index (χ1v) is 26.1. The van der Waals surface area contributed by atoms with Crippen LogP contribution in [0.5, 0.6) is 0 Å². The number of hydrogen-bond donors (Lipinski definition) is 0. The molecule has 0 aromatic carbocycles. The zero-order chi connectivity index (χ0) is 36.4. The van der Waals surface area contributed by atoms with Gasteiger partial charge < -0.3 is 18.0 Å². The molecule has 14 heteroatoms. The minimum Gasteiger partial charge on any atom is -0.414 e. The van der Waals surface area contributed by atoms with E-state index in [-0.39, 0.29) is 27.3 Å². The summed E-state index contributed by atoms with van der Waals surface area (Å²) in [6.07, 6.45) is 11.4. The van der Waals surface area contributed by atoms with E-state index in [2.05, 4.69) is 117 Å². The Morgan fingerprint density at radius 1 is 0.755 bits per heavy atom. The second-order valence-electron chi connectivity index (χ2n) is 18.0. The third kappa shape index (κ3) is 7.56. The van der Waals surface area contributed by atoms with E-state index >= 15 is 0 Å². The third-order valence-electron chi connectivity index (χ3n) is 11.5. The molecule has 1 saturated heterocycles. The molecule has 1 aliphatic carbocycles. The lowest BCUT2D eigenvalue weighted by molar-refractivity contribution is -0.0470. The quantitative estimate of drug-likeness (QED) is 0.193. The van der Waals surface area contributed by atoms with Crippen molar-refractivity contribution in [3.05, 3.63) is 56.1 Å². The number of fused-ring (bicyclic) bond motifs is 1. The Balaban J connectivity index is 1.62. The first-order valence-electron chi connectivity index (χ1n) is 17.4. The Bertz CT molecular complexity index is 1600. The highest BCUT2D eigenvalue weighted by Crippen LogP contribution is 2.47. The molecule has 1 saturated carbocycles. The largest absolute Gasteiger partial charge is 0.414 e. The molecule has 1 aliphatic heterocycles. The van der Waals surface area contributed by atoms with Crippen molar-refractivity contribution in [1.29, 1.82) is 0 Å². The van der Waals surface area contributed by atoms with Gasteiger partial charge in [-0.25, -0.2) is 15.0 Å².